The van der Waals surface area contributed by atoms with E-state index in [4.69, 9.17) is 4.74 Å². The molecule has 0 bridgehead atoms. The molecule has 0 amide bonds. The number of alkyl halides is 1. The van der Waals surface area contributed by atoms with Gasteiger partial charge >= 0.3 is 0 Å². The number of halogens is 1. The summed E-state index contributed by atoms with van der Waals surface area (Å²) in [5.74, 6) is 0. The van der Waals surface area contributed by atoms with Crippen molar-refractivity contribution in [1.29, 1.82) is 0 Å². The first-order valence-corrected chi connectivity index (χ1v) is 14.3. The lowest BCUT2D eigenvalue weighted by Crippen LogP contribution is -2.25. The molecular weight excluding hydrogens is 420 g/mol. The Morgan fingerprint density at radius 2 is 0.966 bits per heavy atom. The van der Waals surface area contributed by atoms with E-state index in [2.05, 4.69) is 50.5 Å². The highest BCUT2D eigenvalue weighted by Gasteiger charge is 2.27. The zero-order valence-electron chi connectivity index (χ0n) is 20.9. The first kappa shape index (κ1) is 29.4. The minimum absolute atomic E-state index is 0.0552. The first-order valence-electron chi connectivity index (χ1n) is 13.1. The fourth-order valence-electron chi connectivity index (χ4n) is 4.64. The summed E-state index contributed by atoms with van der Waals surface area (Å²) in [5, 5.41) is 1.04. The molecule has 0 N–H and O–H groups in total. The lowest BCUT2D eigenvalue weighted by Gasteiger charge is -2.35. The van der Waals surface area contributed by atoms with Gasteiger partial charge in [0.2, 0.25) is 0 Å². The predicted molar refractivity (Wildman–Crippen MR) is 136 cm³/mol. The van der Waals surface area contributed by atoms with Crippen molar-refractivity contribution in [2.24, 2.45) is 5.41 Å². The van der Waals surface area contributed by atoms with Crippen LogP contribution in [0.5, 0.6) is 0 Å². The Hall–Kier alpha value is 0.440. The molecule has 0 aliphatic carbocycles. The lowest BCUT2D eigenvalue weighted by atomic mass is 9.71. The molecule has 0 aromatic rings. The molecule has 1 nitrogen and oxygen atoms in total. The van der Waals surface area contributed by atoms with Crippen molar-refractivity contribution < 1.29 is 4.74 Å². The predicted octanol–water partition coefficient (Wildman–Crippen LogP) is 10.2. The van der Waals surface area contributed by atoms with Crippen molar-refractivity contribution in [3.8, 4) is 0 Å². The van der Waals surface area contributed by atoms with Gasteiger partial charge in [0.05, 0.1) is 5.60 Å². The number of unbranched alkanes of at least 4 members (excludes halogenated alkanes) is 8. The second-order valence-electron chi connectivity index (χ2n) is 10.1. The second-order valence-corrected chi connectivity index (χ2v) is 10.9. The number of hydrogen-bond acceptors (Lipinski definition) is 1. The normalized spacial score (nSPS) is 12.6. The van der Waals surface area contributed by atoms with Gasteiger partial charge in [-0.15, -0.1) is 0 Å². The molecule has 0 saturated heterocycles. The summed E-state index contributed by atoms with van der Waals surface area (Å²) in [5.41, 5.74) is 0.720. The first-order chi connectivity index (χ1) is 13.9. The number of hydrogen-bond donors (Lipinski definition) is 0. The molecule has 0 heterocycles. The van der Waals surface area contributed by atoms with Crippen LogP contribution < -0.4 is 0 Å². The monoisotopic (exact) mass is 474 g/mol. The van der Waals surface area contributed by atoms with E-state index < -0.39 is 0 Å². The van der Waals surface area contributed by atoms with Crippen molar-refractivity contribution in [3.63, 3.8) is 0 Å². The molecule has 0 radical (unpaired) electrons. The zero-order valence-corrected chi connectivity index (χ0v) is 22.5. The number of rotatable bonds is 22. The van der Waals surface area contributed by atoms with Crippen LogP contribution in [0.1, 0.15) is 150 Å². The van der Waals surface area contributed by atoms with E-state index in [1.54, 1.807) is 0 Å². The number of ether oxygens (including phenoxy) is 1. The van der Waals surface area contributed by atoms with Gasteiger partial charge in [0.15, 0.2) is 0 Å². The van der Waals surface area contributed by atoms with Crippen molar-refractivity contribution in [3.05, 3.63) is 0 Å². The summed E-state index contributed by atoms with van der Waals surface area (Å²) in [6.45, 7) is 12.5. The largest absolute Gasteiger partial charge is 0.376 e. The van der Waals surface area contributed by atoms with Gasteiger partial charge in [-0.25, -0.2) is 0 Å². The van der Waals surface area contributed by atoms with Crippen LogP contribution in [0.4, 0.5) is 0 Å². The summed E-state index contributed by atoms with van der Waals surface area (Å²) in [7, 11) is 0. The summed E-state index contributed by atoms with van der Waals surface area (Å²) in [6.07, 6.45) is 25.0. The molecule has 176 valence electrons. The van der Waals surface area contributed by atoms with Gasteiger partial charge in [-0.2, -0.15) is 0 Å². The second kappa shape index (κ2) is 19.1. The Morgan fingerprint density at radius 3 is 1.41 bits per heavy atom. The van der Waals surface area contributed by atoms with Gasteiger partial charge in [0.25, 0.3) is 0 Å². The van der Waals surface area contributed by atoms with E-state index >= 15 is 0 Å². The molecular formula is C27H55BrO. The highest BCUT2D eigenvalue weighted by Crippen LogP contribution is 2.41. The van der Waals surface area contributed by atoms with Crippen LogP contribution in [0.2, 0.25) is 0 Å². The Labute approximate surface area is 193 Å². The molecule has 0 unspecified atom stereocenters. The highest BCUT2D eigenvalue weighted by atomic mass is 79.9. The molecule has 2 heteroatoms. The Morgan fingerprint density at radius 1 is 0.552 bits per heavy atom. The third-order valence-corrected chi connectivity index (χ3v) is 7.25. The van der Waals surface area contributed by atoms with Crippen LogP contribution in [-0.2, 0) is 4.74 Å². The Kier molecular flexibility index (Phi) is 19.4. The SMILES string of the molecule is CCCCC(CCCC)(CCCC)CCCCCCCCC(C)(C)OCCCBr. The molecule has 29 heavy (non-hydrogen) atoms. The standard InChI is InChI=1S/C27H55BrO/c1-6-9-20-27(21-10-7-2,22-11-8-3)23-17-15-13-12-14-16-19-26(4,5)29-25-18-24-28/h6-25H2,1-5H3. The van der Waals surface area contributed by atoms with Crippen LogP contribution in [-0.4, -0.2) is 17.5 Å². The smallest absolute Gasteiger partial charge is 0.0626 e. The lowest BCUT2D eigenvalue weighted by molar-refractivity contribution is -0.0241. The van der Waals surface area contributed by atoms with Crippen molar-refractivity contribution >= 4 is 15.9 Å². The average Bonchev–Trinajstić information content (AvgIpc) is 2.70. The van der Waals surface area contributed by atoms with Crippen LogP contribution in [0.3, 0.4) is 0 Å². The highest BCUT2D eigenvalue weighted by molar-refractivity contribution is 9.09. The van der Waals surface area contributed by atoms with Crippen molar-refractivity contribution in [2.45, 2.75) is 156 Å². The molecule has 0 aliphatic heterocycles. The molecule has 0 saturated carbocycles. The molecule has 0 aromatic heterocycles. The summed E-state index contributed by atoms with van der Waals surface area (Å²) < 4.78 is 6.02. The maximum atomic E-state index is 6.02. The molecule has 0 spiro atoms. The van der Waals surface area contributed by atoms with E-state index in [0.29, 0.717) is 5.41 Å². The fourth-order valence-corrected chi connectivity index (χ4v) is 4.87. The maximum absolute atomic E-state index is 6.02. The molecule has 0 atom stereocenters. The third-order valence-electron chi connectivity index (χ3n) is 6.69. The van der Waals surface area contributed by atoms with Crippen LogP contribution in [0.15, 0.2) is 0 Å². The van der Waals surface area contributed by atoms with Gasteiger partial charge in [-0.05, 0) is 57.8 Å². The average molecular weight is 476 g/mol. The van der Waals surface area contributed by atoms with E-state index in [9.17, 15) is 0 Å². The van der Waals surface area contributed by atoms with Gasteiger partial charge in [0, 0.05) is 11.9 Å². The summed E-state index contributed by atoms with van der Waals surface area (Å²) >= 11 is 3.48. The van der Waals surface area contributed by atoms with Gasteiger partial charge in [-0.3, -0.25) is 0 Å². The maximum Gasteiger partial charge on any atom is 0.0626 e. The van der Waals surface area contributed by atoms with E-state index in [0.717, 1.165) is 18.4 Å². The molecule has 0 rings (SSSR count). The molecule has 0 fully saturated rings. The molecule has 0 aliphatic rings. The third kappa shape index (κ3) is 16.8. The van der Waals surface area contributed by atoms with Crippen molar-refractivity contribution in [2.75, 3.05) is 11.9 Å². The minimum Gasteiger partial charge on any atom is -0.376 e. The summed E-state index contributed by atoms with van der Waals surface area (Å²) in [4.78, 5) is 0. The zero-order chi connectivity index (χ0) is 21.8. The minimum atomic E-state index is 0.0552. The summed E-state index contributed by atoms with van der Waals surface area (Å²) in [6, 6.07) is 0. The fraction of sp³-hybridized carbons (Fsp3) is 1.00. The Balaban J connectivity index is 4.08. The molecule has 0 aromatic carbocycles. The topological polar surface area (TPSA) is 9.23 Å². The van der Waals surface area contributed by atoms with Gasteiger partial charge in [-0.1, -0.05) is 114 Å². The Bertz CT molecular complexity index is 318. The van der Waals surface area contributed by atoms with E-state index in [1.807, 2.05) is 0 Å². The van der Waals surface area contributed by atoms with E-state index in [1.165, 1.54) is 109 Å². The van der Waals surface area contributed by atoms with Crippen LogP contribution >= 0.6 is 15.9 Å². The van der Waals surface area contributed by atoms with Gasteiger partial charge in [0.1, 0.15) is 0 Å². The van der Waals surface area contributed by atoms with Crippen LogP contribution in [0.25, 0.3) is 0 Å². The van der Waals surface area contributed by atoms with Crippen molar-refractivity contribution in [1.82, 2.24) is 0 Å². The van der Waals surface area contributed by atoms with Gasteiger partial charge < -0.3 is 4.74 Å². The van der Waals surface area contributed by atoms with E-state index in [-0.39, 0.29) is 5.60 Å². The van der Waals surface area contributed by atoms with Crippen LogP contribution in [0, 0.1) is 5.41 Å². The quantitative estimate of drug-likeness (QED) is 0.112.